The second-order valence-electron chi connectivity index (χ2n) is 4.98. The summed E-state index contributed by atoms with van der Waals surface area (Å²) in [5.74, 6) is 0.572. The molecule has 0 aromatic carbocycles. The minimum absolute atomic E-state index is 0. The molecular formula is C12H19ClN4O. The summed E-state index contributed by atoms with van der Waals surface area (Å²) in [7, 11) is 0. The van der Waals surface area contributed by atoms with Gasteiger partial charge in [-0.05, 0) is 44.8 Å². The predicted octanol–water partition coefficient (Wildman–Crippen LogP) is 1.19. The lowest BCUT2D eigenvalue weighted by Crippen LogP contribution is -2.42. The molecule has 3 rings (SSSR count). The summed E-state index contributed by atoms with van der Waals surface area (Å²) < 4.78 is 0. The number of aromatic nitrogens is 2. The van der Waals surface area contributed by atoms with Crippen molar-refractivity contribution in [2.24, 2.45) is 0 Å². The summed E-state index contributed by atoms with van der Waals surface area (Å²) in [5.41, 5.74) is 1.64. The van der Waals surface area contributed by atoms with Gasteiger partial charge in [0.2, 0.25) is 0 Å². The molecule has 3 N–H and O–H groups in total. The Hall–Kier alpha value is -1.07. The third kappa shape index (κ3) is 3.03. The topological polar surface area (TPSA) is 69.8 Å². The number of hydrogen-bond acceptors (Lipinski definition) is 3. The van der Waals surface area contributed by atoms with Crippen LogP contribution in [0.5, 0.6) is 0 Å². The zero-order valence-electron chi connectivity index (χ0n) is 10.2. The van der Waals surface area contributed by atoms with E-state index in [1.165, 1.54) is 12.8 Å². The van der Waals surface area contributed by atoms with Gasteiger partial charge in [0.05, 0.1) is 0 Å². The predicted molar refractivity (Wildman–Crippen MR) is 71.2 cm³/mol. The van der Waals surface area contributed by atoms with Crippen LogP contribution in [0.3, 0.4) is 0 Å². The van der Waals surface area contributed by atoms with Crippen LogP contribution >= 0.6 is 12.4 Å². The fourth-order valence-corrected chi connectivity index (χ4v) is 2.28. The molecule has 1 aliphatic heterocycles. The zero-order chi connectivity index (χ0) is 11.7. The lowest BCUT2D eigenvalue weighted by atomic mass is 10.1. The van der Waals surface area contributed by atoms with Crippen molar-refractivity contribution in [3.8, 4) is 0 Å². The van der Waals surface area contributed by atoms with E-state index in [1.807, 2.05) is 6.07 Å². The maximum absolute atomic E-state index is 12.0. The monoisotopic (exact) mass is 270 g/mol. The molecule has 18 heavy (non-hydrogen) atoms. The Bertz CT molecular complexity index is 410. The molecule has 1 aromatic rings. The van der Waals surface area contributed by atoms with Crippen LogP contribution in [0.2, 0.25) is 0 Å². The number of nitrogens with one attached hydrogen (secondary N) is 3. The van der Waals surface area contributed by atoms with Crippen LogP contribution in [0.1, 0.15) is 47.8 Å². The Morgan fingerprint density at radius 2 is 2.00 bits per heavy atom. The Balaban J connectivity index is 0.00000120. The van der Waals surface area contributed by atoms with Crippen LogP contribution in [-0.2, 0) is 0 Å². The molecule has 6 heteroatoms. The minimum Gasteiger partial charge on any atom is -0.348 e. The van der Waals surface area contributed by atoms with Crippen LogP contribution in [0.25, 0.3) is 0 Å². The molecule has 1 saturated heterocycles. The number of H-pyrrole nitrogens is 1. The highest BCUT2D eigenvalue weighted by molar-refractivity contribution is 5.92. The van der Waals surface area contributed by atoms with E-state index in [9.17, 15) is 4.79 Å². The number of rotatable bonds is 3. The lowest BCUT2D eigenvalue weighted by Gasteiger charge is -2.23. The second-order valence-corrected chi connectivity index (χ2v) is 4.98. The number of piperidine rings is 1. The Morgan fingerprint density at radius 3 is 2.67 bits per heavy atom. The van der Waals surface area contributed by atoms with Crippen LogP contribution in [0, 0.1) is 0 Å². The molecule has 2 aliphatic rings. The zero-order valence-corrected chi connectivity index (χ0v) is 11.1. The van der Waals surface area contributed by atoms with Crippen LogP contribution in [-0.4, -0.2) is 35.2 Å². The molecule has 1 amide bonds. The molecule has 5 nitrogen and oxygen atoms in total. The number of hydrogen-bond donors (Lipinski definition) is 3. The van der Waals surface area contributed by atoms with Gasteiger partial charge in [0.1, 0.15) is 5.69 Å². The number of carbonyl (C=O) groups is 1. The summed E-state index contributed by atoms with van der Waals surface area (Å²) in [4.78, 5) is 12.0. The summed E-state index contributed by atoms with van der Waals surface area (Å²) >= 11 is 0. The third-order valence-electron chi connectivity index (χ3n) is 3.52. The van der Waals surface area contributed by atoms with Crippen molar-refractivity contribution in [1.82, 2.24) is 20.8 Å². The van der Waals surface area contributed by atoms with E-state index in [0.717, 1.165) is 31.6 Å². The Morgan fingerprint density at radius 1 is 1.28 bits per heavy atom. The van der Waals surface area contributed by atoms with Crippen molar-refractivity contribution in [1.29, 1.82) is 0 Å². The second kappa shape index (κ2) is 5.71. The first-order chi connectivity index (χ1) is 8.33. The number of halogens is 1. The fraction of sp³-hybridized carbons (Fsp3) is 0.667. The largest absolute Gasteiger partial charge is 0.348 e. The average Bonchev–Trinajstić information content (AvgIpc) is 3.08. The standard InChI is InChI=1S/C12H18N4O.ClH/c17-12(14-9-3-5-13-6-4-9)11-7-10(15-16-11)8-1-2-8;/h7-9,13H,1-6H2,(H,14,17)(H,15,16);1H. The quantitative estimate of drug-likeness (QED) is 0.773. The van der Waals surface area contributed by atoms with Crippen LogP contribution < -0.4 is 10.6 Å². The molecule has 0 unspecified atom stereocenters. The maximum Gasteiger partial charge on any atom is 0.271 e. The van der Waals surface area contributed by atoms with Gasteiger partial charge in [0.15, 0.2) is 0 Å². The highest BCUT2D eigenvalue weighted by Crippen LogP contribution is 2.38. The number of amides is 1. The summed E-state index contributed by atoms with van der Waals surface area (Å²) in [6.45, 7) is 1.97. The summed E-state index contributed by atoms with van der Waals surface area (Å²) in [5, 5.41) is 13.4. The smallest absolute Gasteiger partial charge is 0.271 e. The highest BCUT2D eigenvalue weighted by Gasteiger charge is 2.27. The Labute approximate surface area is 113 Å². The molecule has 1 aromatic heterocycles. The SMILES string of the molecule is Cl.O=C(NC1CCNCC1)c1cc(C2CC2)[nH]n1. The van der Waals surface area contributed by atoms with Crippen molar-refractivity contribution in [2.75, 3.05) is 13.1 Å². The average molecular weight is 271 g/mol. The molecule has 2 heterocycles. The third-order valence-corrected chi connectivity index (χ3v) is 3.52. The summed E-state index contributed by atoms with van der Waals surface area (Å²) in [6.07, 6.45) is 4.45. The highest BCUT2D eigenvalue weighted by atomic mass is 35.5. The van der Waals surface area contributed by atoms with Gasteiger partial charge in [-0.1, -0.05) is 0 Å². The van der Waals surface area contributed by atoms with Crippen LogP contribution in [0.15, 0.2) is 6.07 Å². The normalized spacial score (nSPS) is 20.2. The van der Waals surface area contributed by atoms with Crippen LogP contribution in [0.4, 0.5) is 0 Å². The van der Waals surface area contributed by atoms with E-state index in [-0.39, 0.29) is 18.3 Å². The molecule has 0 atom stereocenters. The van der Waals surface area contributed by atoms with Gasteiger partial charge in [-0.25, -0.2) is 0 Å². The van der Waals surface area contributed by atoms with E-state index < -0.39 is 0 Å². The van der Waals surface area contributed by atoms with Gasteiger partial charge in [-0.2, -0.15) is 5.10 Å². The molecule has 2 fully saturated rings. The van der Waals surface area contributed by atoms with Gasteiger partial charge in [-0.3, -0.25) is 9.89 Å². The number of aromatic amines is 1. The number of carbonyl (C=O) groups excluding carboxylic acids is 1. The molecule has 0 spiro atoms. The van der Waals surface area contributed by atoms with Gasteiger partial charge in [0, 0.05) is 17.7 Å². The van der Waals surface area contributed by atoms with E-state index in [1.54, 1.807) is 0 Å². The first kappa shape index (κ1) is 13.4. The minimum atomic E-state index is -0.0416. The first-order valence-corrected chi connectivity index (χ1v) is 6.40. The lowest BCUT2D eigenvalue weighted by molar-refractivity contribution is 0.0924. The molecule has 100 valence electrons. The van der Waals surface area contributed by atoms with E-state index in [2.05, 4.69) is 20.8 Å². The van der Waals surface area contributed by atoms with E-state index >= 15 is 0 Å². The van der Waals surface area contributed by atoms with Gasteiger partial charge < -0.3 is 10.6 Å². The first-order valence-electron chi connectivity index (χ1n) is 6.40. The van der Waals surface area contributed by atoms with Gasteiger partial charge >= 0.3 is 0 Å². The van der Waals surface area contributed by atoms with Gasteiger partial charge in [0.25, 0.3) is 5.91 Å². The van der Waals surface area contributed by atoms with E-state index in [4.69, 9.17) is 0 Å². The van der Waals surface area contributed by atoms with E-state index in [0.29, 0.717) is 17.7 Å². The molecule has 1 aliphatic carbocycles. The number of nitrogens with zero attached hydrogens (tertiary/aromatic N) is 1. The molecule has 1 saturated carbocycles. The van der Waals surface area contributed by atoms with Crippen molar-refractivity contribution < 1.29 is 4.79 Å². The summed E-state index contributed by atoms with van der Waals surface area (Å²) in [6, 6.07) is 2.19. The van der Waals surface area contributed by atoms with Crippen molar-refractivity contribution in [2.45, 2.75) is 37.6 Å². The molecule has 0 bridgehead atoms. The van der Waals surface area contributed by atoms with Gasteiger partial charge in [-0.15, -0.1) is 12.4 Å². The van der Waals surface area contributed by atoms with Crippen molar-refractivity contribution in [3.05, 3.63) is 17.5 Å². The Kier molecular flexibility index (Phi) is 4.24. The van der Waals surface area contributed by atoms with Crippen molar-refractivity contribution >= 4 is 18.3 Å². The maximum atomic E-state index is 12.0. The van der Waals surface area contributed by atoms with Crippen molar-refractivity contribution in [3.63, 3.8) is 0 Å². The molecule has 0 radical (unpaired) electrons. The molecular weight excluding hydrogens is 252 g/mol. The fourth-order valence-electron chi connectivity index (χ4n) is 2.28.